The number of rotatable bonds is 29. The molecule has 356 valence electrons. The molecule has 0 saturated heterocycles. The number of aliphatic hydroxyl groups excluding tert-OH is 2. The van der Waals surface area contributed by atoms with E-state index >= 15 is 0 Å². The largest absolute Gasteiger partial charge is 0.481 e. The van der Waals surface area contributed by atoms with Gasteiger partial charge in [-0.25, -0.2) is 4.79 Å². The van der Waals surface area contributed by atoms with Crippen molar-refractivity contribution in [2.45, 2.75) is 127 Å². The van der Waals surface area contributed by atoms with Gasteiger partial charge in [-0.3, -0.25) is 47.9 Å². The highest BCUT2D eigenvalue weighted by Gasteiger charge is 2.35. The summed E-state index contributed by atoms with van der Waals surface area (Å²) in [4.78, 5) is 138. The normalized spacial score (nSPS) is 15.2. The Hall–Kier alpha value is -6.73. The Morgan fingerprint density at radius 3 is 1.52 bits per heavy atom. The van der Waals surface area contributed by atoms with Gasteiger partial charge in [0.25, 0.3) is 0 Å². The van der Waals surface area contributed by atoms with E-state index in [1.807, 2.05) is 10.6 Å². The Bertz CT molecular complexity index is 1830. The number of carbonyl (C=O) groups is 11. The molecule has 0 aliphatic heterocycles. The average Bonchev–Trinajstić information content (AvgIpc) is 3.20. The highest BCUT2D eigenvalue weighted by molar-refractivity contribution is 5.98. The second kappa shape index (κ2) is 27.4. The molecule has 1 rings (SSSR count). The number of hydrogen-bond acceptors (Lipinski definition) is 14. The molecule has 1 aromatic carbocycles. The van der Waals surface area contributed by atoms with E-state index in [-0.39, 0.29) is 18.8 Å². The number of carbonyl (C=O) groups excluding carboxylic acids is 7. The third-order valence-corrected chi connectivity index (χ3v) is 9.16. The van der Waals surface area contributed by atoms with Crippen LogP contribution in [0.1, 0.15) is 71.8 Å². The Morgan fingerprint density at radius 2 is 1.02 bits per heavy atom. The zero-order chi connectivity index (χ0) is 48.8. The lowest BCUT2D eigenvalue weighted by Gasteiger charge is -2.28. The zero-order valence-electron chi connectivity index (χ0n) is 35.6. The summed E-state index contributed by atoms with van der Waals surface area (Å²) in [7, 11) is 0. The summed E-state index contributed by atoms with van der Waals surface area (Å²) in [5.41, 5.74) is 6.73. The standard InChI is InChI=1S/C39H58N8O17/c1-18(2)14-25(45-34(58)23(10-12-28(50)51)42-38(62)31(20(4)49)47-33(57)22(40)15-21-8-6-5-7-9-21)35(59)41-19(3)32(56)44-26(16-30(54)55)36(60)46-27(17-48)37(61)43-24(39(63)64)11-13-29(52)53/h5-9,18-20,22-27,31,48-49H,10-17,40H2,1-4H3,(H,41,59)(H,42,62)(H,43,61)(H,44,56)(H,45,58)(H,46,60)(H,47,57)(H,50,51)(H,52,53)(H,54,55)(H,63,64)/t19-,20+,22-,23-,24-,25-,26-,27-,31-/m0/s1. The van der Waals surface area contributed by atoms with E-state index < -0.39 is 158 Å². The van der Waals surface area contributed by atoms with Crippen LogP contribution in [0.15, 0.2) is 30.3 Å². The van der Waals surface area contributed by atoms with Crippen LogP contribution in [0.3, 0.4) is 0 Å². The van der Waals surface area contributed by atoms with E-state index in [0.717, 1.165) is 6.92 Å². The molecule has 0 aliphatic rings. The SMILES string of the molecule is CC(C)C[C@H](NC(=O)[C@H](CCC(=O)O)NC(=O)[C@@H](NC(=O)[C@@H](N)Cc1ccccc1)[C@@H](C)O)C(=O)N[C@@H](C)C(=O)N[C@@H](CC(=O)O)C(=O)N[C@@H](CO)C(=O)N[C@@H](CCC(=O)O)C(=O)O. The van der Waals surface area contributed by atoms with E-state index in [4.69, 9.17) is 10.8 Å². The van der Waals surface area contributed by atoms with E-state index in [2.05, 4.69) is 26.6 Å². The lowest BCUT2D eigenvalue weighted by Crippen LogP contribution is -2.61. The van der Waals surface area contributed by atoms with Crippen molar-refractivity contribution in [1.29, 1.82) is 0 Å². The van der Waals surface area contributed by atoms with Gasteiger partial charge in [-0.1, -0.05) is 44.2 Å². The molecule has 25 nitrogen and oxygen atoms in total. The molecule has 0 fully saturated rings. The van der Waals surface area contributed by atoms with Crippen LogP contribution in [0.2, 0.25) is 0 Å². The summed E-state index contributed by atoms with van der Waals surface area (Å²) >= 11 is 0. The van der Waals surface area contributed by atoms with Crippen molar-refractivity contribution < 1.29 is 83.4 Å². The van der Waals surface area contributed by atoms with Gasteiger partial charge in [0, 0.05) is 12.8 Å². The van der Waals surface area contributed by atoms with Crippen LogP contribution < -0.4 is 43.0 Å². The molecule has 0 saturated carbocycles. The number of benzene rings is 1. The maximum absolute atomic E-state index is 13.6. The molecule has 0 aromatic heterocycles. The fourth-order valence-corrected chi connectivity index (χ4v) is 5.72. The van der Waals surface area contributed by atoms with Crippen LogP contribution in [-0.2, 0) is 59.2 Å². The first kappa shape index (κ1) is 55.3. The van der Waals surface area contributed by atoms with Gasteiger partial charge in [0.05, 0.1) is 25.2 Å². The van der Waals surface area contributed by atoms with Crippen LogP contribution in [0, 0.1) is 5.92 Å². The van der Waals surface area contributed by atoms with Crippen molar-refractivity contribution in [1.82, 2.24) is 37.2 Å². The highest BCUT2D eigenvalue weighted by Crippen LogP contribution is 2.10. The van der Waals surface area contributed by atoms with Crippen LogP contribution in [-0.4, -0.2) is 157 Å². The minimum Gasteiger partial charge on any atom is -0.481 e. The molecule has 0 unspecified atom stereocenters. The van der Waals surface area contributed by atoms with Crippen LogP contribution >= 0.6 is 0 Å². The third kappa shape index (κ3) is 20.4. The molecular formula is C39H58N8O17. The topological polar surface area (TPSA) is 419 Å². The van der Waals surface area contributed by atoms with Crippen molar-refractivity contribution in [2.75, 3.05) is 6.61 Å². The van der Waals surface area contributed by atoms with Crippen molar-refractivity contribution in [3.8, 4) is 0 Å². The van der Waals surface area contributed by atoms with Crippen molar-refractivity contribution >= 4 is 65.2 Å². The summed E-state index contributed by atoms with van der Waals surface area (Å²) in [6, 6.07) is -4.42. The van der Waals surface area contributed by atoms with E-state index in [1.54, 1.807) is 44.2 Å². The molecular weight excluding hydrogens is 852 g/mol. The molecule has 9 atom stereocenters. The van der Waals surface area contributed by atoms with Gasteiger partial charge in [0.2, 0.25) is 41.4 Å². The number of hydrogen-bond donors (Lipinski definition) is 14. The van der Waals surface area contributed by atoms with Gasteiger partial charge in [0.15, 0.2) is 0 Å². The van der Waals surface area contributed by atoms with Gasteiger partial charge in [-0.15, -0.1) is 0 Å². The van der Waals surface area contributed by atoms with Gasteiger partial charge >= 0.3 is 23.9 Å². The molecule has 25 heteroatoms. The van der Waals surface area contributed by atoms with Gasteiger partial charge < -0.3 is 73.6 Å². The van der Waals surface area contributed by atoms with Crippen molar-refractivity contribution in [2.24, 2.45) is 11.7 Å². The molecule has 0 heterocycles. The van der Waals surface area contributed by atoms with E-state index in [9.17, 15) is 78.3 Å². The molecule has 15 N–H and O–H groups in total. The lowest BCUT2D eigenvalue weighted by atomic mass is 10.0. The maximum Gasteiger partial charge on any atom is 0.326 e. The number of carboxylic acids is 4. The predicted molar refractivity (Wildman–Crippen MR) is 219 cm³/mol. The third-order valence-electron chi connectivity index (χ3n) is 9.16. The number of carboxylic acid groups (broad SMARTS) is 4. The molecule has 64 heavy (non-hydrogen) atoms. The first-order chi connectivity index (χ1) is 29.9. The Labute approximate surface area is 366 Å². The lowest BCUT2D eigenvalue weighted by molar-refractivity contribution is -0.144. The van der Waals surface area contributed by atoms with Gasteiger partial charge in [0.1, 0.15) is 42.3 Å². The molecule has 0 spiro atoms. The van der Waals surface area contributed by atoms with Crippen molar-refractivity contribution in [3.05, 3.63) is 35.9 Å². The monoisotopic (exact) mass is 910 g/mol. The Kier molecular flexibility index (Phi) is 23.6. The van der Waals surface area contributed by atoms with Gasteiger partial charge in [-0.05, 0) is 51.0 Å². The number of amides is 7. The van der Waals surface area contributed by atoms with E-state index in [1.165, 1.54) is 6.92 Å². The second-order valence-electron chi connectivity index (χ2n) is 15.2. The number of nitrogens with two attached hydrogens (primary N) is 1. The number of aliphatic carboxylic acids is 4. The van der Waals surface area contributed by atoms with Crippen LogP contribution in [0.5, 0.6) is 0 Å². The van der Waals surface area contributed by atoms with Crippen molar-refractivity contribution in [3.63, 3.8) is 0 Å². The first-order valence-electron chi connectivity index (χ1n) is 20.0. The highest BCUT2D eigenvalue weighted by atomic mass is 16.4. The predicted octanol–water partition coefficient (Wildman–Crippen LogP) is -4.32. The zero-order valence-corrected chi connectivity index (χ0v) is 35.6. The second-order valence-corrected chi connectivity index (χ2v) is 15.2. The molecule has 0 aliphatic carbocycles. The fourth-order valence-electron chi connectivity index (χ4n) is 5.72. The number of nitrogens with one attached hydrogen (secondary N) is 7. The van der Waals surface area contributed by atoms with Gasteiger partial charge in [-0.2, -0.15) is 0 Å². The quantitative estimate of drug-likeness (QED) is 0.0361. The van der Waals surface area contributed by atoms with E-state index in [0.29, 0.717) is 5.56 Å². The molecule has 0 bridgehead atoms. The molecule has 1 aromatic rings. The van der Waals surface area contributed by atoms with Crippen LogP contribution in [0.25, 0.3) is 0 Å². The smallest absolute Gasteiger partial charge is 0.326 e. The molecule has 7 amide bonds. The maximum atomic E-state index is 13.6. The summed E-state index contributed by atoms with van der Waals surface area (Å²) < 4.78 is 0. The average molecular weight is 911 g/mol. The fraction of sp³-hybridized carbons (Fsp3) is 0.564. The minimum absolute atomic E-state index is 0.0746. The summed E-state index contributed by atoms with van der Waals surface area (Å²) in [5, 5.41) is 72.4. The Balaban J connectivity index is 3.16. The summed E-state index contributed by atoms with van der Waals surface area (Å²) in [6.07, 6.45) is -5.05. The van der Waals surface area contributed by atoms with Crippen LogP contribution in [0.4, 0.5) is 0 Å². The summed E-state index contributed by atoms with van der Waals surface area (Å²) in [5.74, 6) is -14.1. The Morgan fingerprint density at radius 1 is 0.547 bits per heavy atom. The first-order valence-corrected chi connectivity index (χ1v) is 20.0. The minimum atomic E-state index is -1.95. The molecule has 0 radical (unpaired) electrons. The number of aliphatic hydroxyl groups is 2. The summed E-state index contributed by atoms with van der Waals surface area (Å²) in [6.45, 7) is 4.48.